The van der Waals surface area contributed by atoms with Gasteiger partial charge in [-0.05, 0) is 52.3 Å². The number of allylic oxidation sites excluding steroid dienone is 2. The molecule has 2 aromatic carbocycles. The first kappa shape index (κ1) is 10.8. The van der Waals surface area contributed by atoms with Crippen molar-refractivity contribution in [2.75, 3.05) is 0 Å². The van der Waals surface area contributed by atoms with Gasteiger partial charge < -0.3 is 0 Å². The third-order valence-electron chi connectivity index (χ3n) is 6.69. The highest BCUT2D eigenvalue weighted by atomic mass is 14.6. The van der Waals surface area contributed by atoms with Gasteiger partial charge in [-0.1, -0.05) is 60.7 Å². The van der Waals surface area contributed by atoms with E-state index in [0.717, 1.165) is 23.7 Å². The van der Waals surface area contributed by atoms with Crippen LogP contribution in [0, 0.1) is 23.7 Å². The minimum atomic E-state index is 0.646. The van der Waals surface area contributed by atoms with Crippen molar-refractivity contribution in [1.82, 2.24) is 0 Å². The largest absolute Gasteiger partial charge is 0.0848 e. The number of rotatable bonds is 0. The topological polar surface area (TPSA) is 0 Å². The fourth-order valence-corrected chi connectivity index (χ4v) is 6.16. The fourth-order valence-electron chi connectivity index (χ4n) is 6.16. The van der Waals surface area contributed by atoms with Crippen molar-refractivity contribution in [3.63, 3.8) is 0 Å². The van der Waals surface area contributed by atoms with E-state index in [2.05, 4.69) is 60.7 Å². The third kappa shape index (κ3) is 1.12. The molecular weight excluding hydrogens is 252 g/mol. The Kier molecular flexibility index (Phi) is 1.80. The highest BCUT2D eigenvalue weighted by Crippen LogP contribution is 2.67. The summed E-state index contributed by atoms with van der Waals surface area (Å²) in [5.74, 6) is 4.66. The van der Waals surface area contributed by atoms with Crippen LogP contribution in [0.4, 0.5) is 0 Å². The van der Waals surface area contributed by atoms with Crippen molar-refractivity contribution >= 4 is 0 Å². The molecule has 3 unspecified atom stereocenters. The second-order valence-corrected chi connectivity index (χ2v) is 7.32. The van der Waals surface area contributed by atoms with Crippen molar-refractivity contribution in [3.8, 4) is 0 Å². The predicted octanol–water partition coefficient (Wildman–Crippen LogP) is 4.72. The first-order valence-corrected chi connectivity index (χ1v) is 8.29. The summed E-state index contributed by atoms with van der Waals surface area (Å²) in [6.45, 7) is 0. The summed E-state index contributed by atoms with van der Waals surface area (Å²) < 4.78 is 0. The van der Waals surface area contributed by atoms with Gasteiger partial charge in [0.25, 0.3) is 0 Å². The lowest BCUT2D eigenvalue weighted by Crippen LogP contribution is -2.41. The molecule has 5 aliphatic carbocycles. The Morgan fingerprint density at radius 1 is 0.571 bits per heavy atom. The van der Waals surface area contributed by atoms with E-state index in [1.807, 2.05) is 0 Å². The summed E-state index contributed by atoms with van der Waals surface area (Å²) >= 11 is 0. The molecule has 7 rings (SSSR count). The molecule has 0 N–H and O–H groups in total. The molecule has 0 heterocycles. The Hall–Kier alpha value is -1.82. The zero-order valence-electron chi connectivity index (χ0n) is 11.9. The molecule has 4 bridgehead atoms. The van der Waals surface area contributed by atoms with E-state index >= 15 is 0 Å². The Labute approximate surface area is 125 Å². The van der Waals surface area contributed by atoms with Gasteiger partial charge in [0.05, 0.1) is 0 Å². The molecule has 5 aliphatic rings. The first-order chi connectivity index (χ1) is 10.4. The minimum Gasteiger partial charge on any atom is -0.0848 e. The van der Waals surface area contributed by atoms with E-state index in [9.17, 15) is 0 Å². The molecule has 102 valence electrons. The molecule has 0 aliphatic heterocycles. The van der Waals surface area contributed by atoms with Crippen LogP contribution in [-0.4, -0.2) is 0 Å². The van der Waals surface area contributed by atoms with Crippen LogP contribution in [0.2, 0.25) is 0 Å². The molecule has 0 nitrogen and oxygen atoms in total. The van der Waals surface area contributed by atoms with Crippen LogP contribution in [0.1, 0.15) is 40.5 Å². The molecule has 0 spiro atoms. The molecule has 0 heteroatoms. The van der Waals surface area contributed by atoms with Crippen LogP contribution in [-0.2, 0) is 0 Å². The van der Waals surface area contributed by atoms with Gasteiger partial charge in [-0.25, -0.2) is 0 Å². The SMILES string of the molecule is C1=CC2CC1C1C3c4ccccc4C(c4ccccc43)[C@H]21. The maximum atomic E-state index is 2.53. The molecule has 1 saturated carbocycles. The Bertz CT molecular complexity index is 673. The second-order valence-electron chi connectivity index (χ2n) is 7.32. The summed E-state index contributed by atoms with van der Waals surface area (Å²) in [6, 6.07) is 18.5. The van der Waals surface area contributed by atoms with E-state index in [1.54, 1.807) is 22.3 Å². The van der Waals surface area contributed by atoms with Crippen LogP contribution in [0.25, 0.3) is 0 Å². The number of hydrogen-bond donors (Lipinski definition) is 0. The van der Waals surface area contributed by atoms with Gasteiger partial charge in [0.1, 0.15) is 0 Å². The van der Waals surface area contributed by atoms with Gasteiger partial charge in [0.2, 0.25) is 0 Å². The standard InChI is InChI=1S/C21H18/c1-2-6-15-14(5-1)20-16-7-3-4-8-17(16)21(15)19-13-10-9-12(11-13)18(19)20/h1-10,12-13,18-21H,11H2/t12?,13?,18-,19?,20?,21?/m1/s1. The molecule has 21 heavy (non-hydrogen) atoms. The van der Waals surface area contributed by atoms with Crippen LogP contribution in [0.15, 0.2) is 60.7 Å². The van der Waals surface area contributed by atoms with Crippen LogP contribution in [0.3, 0.4) is 0 Å². The Morgan fingerprint density at radius 2 is 0.952 bits per heavy atom. The lowest BCUT2D eigenvalue weighted by molar-refractivity contribution is 0.214. The molecular formula is C21H18. The highest BCUT2D eigenvalue weighted by Gasteiger charge is 2.58. The fraction of sp³-hybridized carbons (Fsp3) is 0.333. The van der Waals surface area contributed by atoms with E-state index in [1.165, 1.54) is 6.42 Å². The van der Waals surface area contributed by atoms with Crippen molar-refractivity contribution in [3.05, 3.63) is 82.9 Å². The molecule has 2 aromatic rings. The summed E-state index contributed by atoms with van der Waals surface area (Å²) in [5.41, 5.74) is 6.51. The summed E-state index contributed by atoms with van der Waals surface area (Å²) in [7, 11) is 0. The summed E-state index contributed by atoms with van der Waals surface area (Å²) in [4.78, 5) is 0. The van der Waals surface area contributed by atoms with Gasteiger partial charge >= 0.3 is 0 Å². The van der Waals surface area contributed by atoms with E-state index in [0.29, 0.717) is 11.8 Å². The highest BCUT2D eigenvalue weighted by molar-refractivity contribution is 5.58. The lowest BCUT2D eigenvalue weighted by atomic mass is 9.52. The van der Waals surface area contributed by atoms with E-state index in [-0.39, 0.29) is 0 Å². The monoisotopic (exact) mass is 270 g/mol. The summed E-state index contributed by atoms with van der Waals surface area (Å²) in [5, 5.41) is 0. The Morgan fingerprint density at radius 3 is 1.33 bits per heavy atom. The Balaban J connectivity index is 1.70. The van der Waals surface area contributed by atoms with E-state index in [4.69, 9.17) is 0 Å². The van der Waals surface area contributed by atoms with Gasteiger partial charge in [-0.2, -0.15) is 0 Å². The quantitative estimate of drug-likeness (QED) is 0.608. The smallest absolute Gasteiger partial charge is 0.0132 e. The van der Waals surface area contributed by atoms with Gasteiger partial charge in [0, 0.05) is 11.8 Å². The van der Waals surface area contributed by atoms with E-state index < -0.39 is 0 Å². The van der Waals surface area contributed by atoms with Gasteiger partial charge in [-0.3, -0.25) is 0 Å². The van der Waals surface area contributed by atoms with Gasteiger partial charge in [0.15, 0.2) is 0 Å². The molecule has 1 fully saturated rings. The minimum absolute atomic E-state index is 0.646. The predicted molar refractivity (Wildman–Crippen MR) is 84.3 cm³/mol. The third-order valence-corrected chi connectivity index (χ3v) is 6.69. The van der Waals surface area contributed by atoms with Crippen LogP contribution < -0.4 is 0 Å². The molecule has 0 amide bonds. The first-order valence-electron chi connectivity index (χ1n) is 8.29. The molecule has 4 atom stereocenters. The van der Waals surface area contributed by atoms with Crippen molar-refractivity contribution in [2.24, 2.45) is 23.7 Å². The maximum Gasteiger partial charge on any atom is 0.0132 e. The molecule has 0 aromatic heterocycles. The van der Waals surface area contributed by atoms with Crippen molar-refractivity contribution in [1.29, 1.82) is 0 Å². The molecule has 0 radical (unpaired) electrons. The number of benzene rings is 2. The van der Waals surface area contributed by atoms with Crippen LogP contribution >= 0.6 is 0 Å². The lowest BCUT2D eigenvalue weighted by Gasteiger charge is -2.51. The molecule has 0 saturated heterocycles. The zero-order chi connectivity index (χ0) is 13.6. The average Bonchev–Trinajstić information content (AvgIpc) is 3.17. The second kappa shape index (κ2) is 3.50. The zero-order valence-corrected chi connectivity index (χ0v) is 11.9. The van der Waals surface area contributed by atoms with Crippen LogP contribution in [0.5, 0.6) is 0 Å². The van der Waals surface area contributed by atoms with Crippen molar-refractivity contribution < 1.29 is 0 Å². The van der Waals surface area contributed by atoms with Gasteiger partial charge in [-0.15, -0.1) is 0 Å². The maximum absolute atomic E-state index is 2.53. The van der Waals surface area contributed by atoms with Crippen molar-refractivity contribution in [2.45, 2.75) is 18.3 Å². The number of fused-ring (bicyclic) bond motifs is 2. The average molecular weight is 270 g/mol. The normalized spacial score (nSPS) is 40.0. The number of hydrogen-bond acceptors (Lipinski definition) is 0. The summed E-state index contributed by atoms with van der Waals surface area (Å²) in [6.07, 6.45) is 6.46.